The molecule has 1 aromatic heterocycles. The minimum absolute atomic E-state index is 0.104. The molecule has 0 bridgehead atoms. The summed E-state index contributed by atoms with van der Waals surface area (Å²) >= 11 is 1.08. The molecule has 2 aromatic rings. The number of hydrogen-bond donors (Lipinski definition) is 5. The number of amides is 5. The molecular formula is C26H33N7O7S-2. The number of likely N-dealkylation sites (tertiary alicyclic amines) is 1. The Bertz CT molecular complexity index is 1210. The predicted octanol–water partition coefficient (Wildman–Crippen LogP) is -0.0295. The maximum atomic E-state index is 13.0. The van der Waals surface area contributed by atoms with Crippen LogP contribution in [0.3, 0.4) is 0 Å². The maximum absolute atomic E-state index is 13.0. The molecule has 0 saturated carbocycles. The van der Waals surface area contributed by atoms with Gasteiger partial charge in [-0.15, -0.1) is 0 Å². The maximum Gasteiger partial charge on any atom is 0.263 e. The Kier molecular flexibility index (Phi) is 11.7. The van der Waals surface area contributed by atoms with Crippen LogP contribution in [0.4, 0.5) is 20.4 Å². The van der Waals surface area contributed by atoms with Crippen molar-refractivity contribution < 1.29 is 34.2 Å². The zero-order valence-corrected chi connectivity index (χ0v) is 23.4. The number of carbonyl (C=O) groups excluding carboxylic acids is 5. The molecule has 3 rings (SSSR count). The third-order valence-corrected chi connectivity index (χ3v) is 7.20. The molecule has 0 unspecified atom stereocenters. The first-order chi connectivity index (χ1) is 19.6. The smallest absolute Gasteiger partial charge is 0.263 e. The van der Waals surface area contributed by atoms with Crippen molar-refractivity contribution in [2.45, 2.75) is 58.2 Å². The molecule has 1 aliphatic rings. The van der Waals surface area contributed by atoms with Gasteiger partial charge in [0.15, 0.2) is 11.4 Å². The van der Waals surface area contributed by atoms with Crippen LogP contribution in [-0.4, -0.2) is 65.7 Å². The third-order valence-electron chi connectivity index (χ3n) is 6.19. The third kappa shape index (κ3) is 10.6. The Balaban J connectivity index is 1.57. The van der Waals surface area contributed by atoms with Crippen molar-refractivity contribution in [2.75, 3.05) is 30.3 Å². The van der Waals surface area contributed by atoms with Gasteiger partial charge in [0, 0.05) is 38.7 Å². The first kappa shape index (κ1) is 31.1. The fraction of sp³-hybridized carbons (Fsp3) is 0.462. The van der Waals surface area contributed by atoms with Crippen LogP contribution in [-0.2, 0) is 22.4 Å². The zero-order valence-electron chi connectivity index (χ0n) is 22.6. The van der Waals surface area contributed by atoms with E-state index in [1.54, 1.807) is 24.3 Å². The SMILES string of the molecule is CC(=O)Nc1nc(CCc2ccc(NC(NC(=O)[O-])NC(=O)[O-])cc2)c(C(=O)NCCCC(=O)N2CCCCC2)s1. The van der Waals surface area contributed by atoms with Crippen LogP contribution in [0.5, 0.6) is 0 Å². The van der Waals surface area contributed by atoms with Crippen LogP contribution >= 0.6 is 11.3 Å². The molecule has 14 nitrogen and oxygen atoms in total. The van der Waals surface area contributed by atoms with E-state index in [4.69, 9.17) is 0 Å². The Hall–Kier alpha value is -4.40. The molecule has 222 valence electrons. The van der Waals surface area contributed by atoms with E-state index in [1.165, 1.54) is 6.92 Å². The largest absolute Gasteiger partial charge is 0.530 e. The summed E-state index contributed by atoms with van der Waals surface area (Å²) in [6.45, 7) is 3.27. The van der Waals surface area contributed by atoms with Crippen LogP contribution in [0.25, 0.3) is 0 Å². The van der Waals surface area contributed by atoms with Crippen LogP contribution < -0.4 is 36.8 Å². The molecule has 1 aliphatic heterocycles. The molecule has 0 radical (unpaired) electrons. The molecule has 5 N–H and O–H groups in total. The average molecular weight is 588 g/mol. The highest BCUT2D eigenvalue weighted by molar-refractivity contribution is 7.17. The van der Waals surface area contributed by atoms with E-state index in [0.29, 0.717) is 53.6 Å². The van der Waals surface area contributed by atoms with Crippen molar-refractivity contribution in [1.29, 1.82) is 0 Å². The molecule has 1 saturated heterocycles. The molecule has 1 aromatic carbocycles. The van der Waals surface area contributed by atoms with Crippen molar-refractivity contribution in [3.63, 3.8) is 0 Å². The number of anilines is 2. The Morgan fingerprint density at radius 2 is 1.63 bits per heavy atom. The number of carboxylic acid groups (broad SMARTS) is 2. The number of rotatable bonds is 13. The minimum atomic E-state index is -1.68. The van der Waals surface area contributed by atoms with Crippen LogP contribution in [0.1, 0.15) is 60.0 Å². The molecule has 2 heterocycles. The van der Waals surface area contributed by atoms with E-state index in [-0.39, 0.29) is 17.7 Å². The Morgan fingerprint density at radius 3 is 2.24 bits per heavy atom. The highest BCUT2D eigenvalue weighted by Gasteiger charge is 2.20. The summed E-state index contributed by atoms with van der Waals surface area (Å²) in [5.74, 6) is -0.533. The fourth-order valence-electron chi connectivity index (χ4n) is 4.27. The van der Waals surface area contributed by atoms with E-state index in [9.17, 15) is 34.2 Å². The summed E-state index contributed by atoms with van der Waals surface area (Å²) < 4.78 is 0. The van der Waals surface area contributed by atoms with Gasteiger partial charge in [-0.1, -0.05) is 23.5 Å². The van der Waals surface area contributed by atoms with E-state index in [1.807, 2.05) is 15.5 Å². The number of hydrogen-bond acceptors (Lipinski definition) is 10. The standard InChI is InChI=1S/C26H35N7O7S/c1-16(34)28-24-30-19(21(41-24)22(36)27-13-5-6-20(35)33-14-3-2-4-15-33)12-9-17-7-10-18(11-8-17)29-23(31-25(37)38)32-26(39)40/h7-8,10-11,23,29,31-32H,2-6,9,12-15H2,1H3,(H,27,36)(H,37,38)(H,39,40)(H,28,30,34)/p-2. The Morgan fingerprint density at radius 1 is 0.976 bits per heavy atom. The van der Waals surface area contributed by atoms with Gasteiger partial charge in [0.05, 0.1) is 5.69 Å². The number of carbonyl (C=O) groups is 5. The number of nitrogens with one attached hydrogen (secondary N) is 5. The summed E-state index contributed by atoms with van der Waals surface area (Å²) in [6, 6.07) is 6.74. The second-order valence-electron chi connectivity index (χ2n) is 9.41. The molecule has 0 atom stereocenters. The molecule has 1 fully saturated rings. The lowest BCUT2D eigenvalue weighted by Crippen LogP contribution is -2.58. The van der Waals surface area contributed by atoms with Crippen LogP contribution in [0.2, 0.25) is 0 Å². The molecule has 0 spiro atoms. The van der Waals surface area contributed by atoms with Gasteiger partial charge < -0.3 is 51.3 Å². The number of aryl methyl sites for hydroxylation is 2. The number of nitrogens with zero attached hydrogens (tertiary/aromatic N) is 2. The number of thiazole rings is 1. The van der Waals surface area contributed by atoms with E-state index in [2.05, 4.69) is 20.9 Å². The highest BCUT2D eigenvalue weighted by atomic mass is 32.1. The van der Waals surface area contributed by atoms with E-state index < -0.39 is 18.5 Å². The number of aromatic nitrogens is 1. The van der Waals surface area contributed by atoms with Crippen molar-refractivity contribution in [3.05, 3.63) is 40.4 Å². The van der Waals surface area contributed by atoms with Gasteiger partial charge in [-0.3, -0.25) is 14.4 Å². The van der Waals surface area contributed by atoms with Gasteiger partial charge in [0.1, 0.15) is 17.1 Å². The zero-order chi connectivity index (χ0) is 29.8. The lowest BCUT2D eigenvalue weighted by atomic mass is 10.1. The summed E-state index contributed by atoms with van der Waals surface area (Å²) in [7, 11) is 0. The normalized spacial score (nSPS) is 12.9. The number of piperidine rings is 1. The molecule has 0 aliphatic carbocycles. The predicted molar refractivity (Wildman–Crippen MR) is 147 cm³/mol. The van der Waals surface area contributed by atoms with Crippen molar-refractivity contribution in [1.82, 2.24) is 25.8 Å². The number of benzene rings is 1. The second kappa shape index (κ2) is 15.4. The minimum Gasteiger partial charge on any atom is -0.530 e. The summed E-state index contributed by atoms with van der Waals surface area (Å²) in [5, 5.41) is 33.7. The molecular weight excluding hydrogens is 554 g/mol. The summed E-state index contributed by atoms with van der Waals surface area (Å²) in [6.07, 6.45) is 0.236. The first-order valence-corrected chi connectivity index (χ1v) is 14.1. The summed E-state index contributed by atoms with van der Waals surface area (Å²) in [4.78, 5) is 65.1. The van der Waals surface area contributed by atoms with Crippen LogP contribution in [0.15, 0.2) is 24.3 Å². The average Bonchev–Trinajstić information content (AvgIpc) is 3.32. The van der Waals surface area contributed by atoms with Crippen LogP contribution in [0, 0.1) is 0 Å². The highest BCUT2D eigenvalue weighted by Crippen LogP contribution is 2.25. The fourth-order valence-corrected chi connectivity index (χ4v) is 5.24. The summed E-state index contributed by atoms with van der Waals surface area (Å²) in [5.41, 5.74) is 1.80. The van der Waals surface area contributed by atoms with Crippen molar-refractivity contribution in [2.24, 2.45) is 0 Å². The van der Waals surface area contributed by atoms with Gasteiger partial charge in [-0.2, -0.15) is 0 Å². The van der Waals surface area contributed by atoms with E-state index >= 15 is 0 Å². The molecule has 41 heavy (non-hydrogen) atoms. The quantitative estimate of drug-likeness (QED) is 0.157. The van der Waals surface area contributed by atoms with Crippen molar-refractivity contribution >= 4 is 52.1 Å². The van der Waals surface area contributed by atoms with Gasteiger partial charge in [0.2, 0.25) is 11.8 Å². The van der Waals surface area contributed by atoms with Gasteiger partial charge in [0.25, 0.3) is 5.91 Å². The van der Waals surface area contributed by atoms with Gasteiger partial charge >= 0.3 is 0 Å². The van der Waals surface area contributed by atoms with Gasteiger partial charge in [-0.25, -0.2) is 4.98 Å². The monoisotopic (exact) mass is 587 g/mol. The lowest BCUT2D eigenvalue weighted by molar-refractivity contribution is -0.255. The Labute approximate surface area is 240 Å². The topological polar surface area (TPSA) is 208 Å². The van der Waals surface area contributed by atoms with Crippen molar-refractivity contribution in [3.8, 4) is 0 Å². The molecule has 5 amide bonds. The first-order valence-electron chi connectivity index (χ1n) is 13.2. The van der Waals surface area contributed by atoms with E-state index in [0.717, 1.165) is 49.3 Å². The lowest BCUT2D eigenvalue weighted by Gasteiger charge is -2.26. The second-order valence-corrected chi connectivity index (χ2v) is 10.4. The van der Waals surface area contributed by atoms with Gasteiger partial charge in [-0.05, 0) is 56.2 Å². The molecule has 15 heteroatoms.